The van der Waals surface area contributed by atoms with Crippen molar-refractivity contribution >= 4 is 0 Å². The summed E-state index contributed by atoms with van der Waals surface area (Å²) in [7, 11) is 0. The molecular formula is C36H48F2O. The molecule has 0 heterocycles. The Morgan fingerprint density at radius 3 is 1.72 bits per heavy atom. The standard InChI is InChI=1S/C36H48F2O/c1-3-5-7-9-29-12-20-33(21-13-29)35-24-16-31(17-25-35)27-39-36(37,38)26-30-14-22-34(23-15-30)32-18-10-28(11-19-32)8-6-4-2/h3-5,14-17,22-25,28-29,32-33H,2,6-13,18-21,26-27H2,1H3. The van der Waals surface area contributed by atoms with Gasteiger partial charge in [-0.2, -0.15) is 8.78 Å². The fraction of sp³-hybridized carbons (Fsp3) is 0.556. The molecule has 2 aliphatic rings. The van der Waals surface area contributed by atoms with Gasteiger partial charge in [0, 0.05) is 0 Å². The molecule has 2 aliphatic carbocycles. The van der Waals surface area contributed by atoms with Crippen LogP contribution < -0.4 is 0 Å². The van der Waals surface area contributed by atoms with Gasteiger partial charge >= 0.3 is 6.11 Å². The lowest BCUT2D eigenvalue weighted by molar-refractivity contribution is -0.244. The van der Waals surface area contributed by atoms with Crippen molar-refractivity contribution in [3.8, 4) is 0 Å². The predicted octanol–water partition coefficient (Wildman–Crippen LogP) is 10.9. The molecule has 0 unspecified atom stereocenters. The molecule has 4 rings (SSSR count). The van der Waals surface area contributed by atoms with Crippen LogP contribution in [-0.2, 0) is 17.8 Å². The second kappa shape index (κ2) is 14.9. The van der Waals surface area contributed by atoms with Crippen molar-refractivity contribution in [1.82, 2.24) is 0 Å². The second-order valence-electron chi connectivity index (χ2n) is 12.0. The number of benzene rings is 2. The Kier molecular flexibility index (Phi) is 11.4. The molecule has 0 atom stereocenters. The first kappa shape index (κ1) is 29.7. The molecule has 2 fully saturated rings. The summed E-state index contributed by atoms with van der Waals surface area (Å²) in [5.74, 6) is 2.80. The van der Waals surface area contributed by atoms with E-state index in [1.165, 1.54) is 81.8 Å². The molecule has 2 saturated carbocycles. The summed E-state index contributed by atoms with van der Waals surface area (Å²) in [4.78, 5) is 0. The molecule has 0 aromatic heterocycles. The van der Waals surface area contributed by atoms with Crippen molar-refractivity contribution < 1.29 is 13.5 Å². The summed E-state index contributed by atoms with van der Waals surface area (Å²) in [6, 6.07) is 16.0. The quantitative estimate of drug-likeness (QED) is 0.232. The third-order valence-electron chi connectivity index (χ3n) is 9.21. The average Bonchev–Trinajstić information content (AvgIpc) is 2.96. The highest BCUT2D eigenvalue weighted by molar-refractivity contribution is 5.27. The number of ether oxygens (including phenoxy) is 1. The van der Waals surface area contributed by atoms with Gasteiger partial charge in [-0.05, 0) is 130 Å². The second-order valence-corrected chi connectivity index (χ2v) is 12.0. The van der Waals surface area contributed by atoms with Crippen molar-refractivity contribution in [2.24, 2.45) is 11.8 Å². The lowest BCUT2D eigenvalue weighted by Crippen LogP contribution is -2.23. The zero-order chi connectivity index (χ0) is 27.5. The SMILES string of the molecule is C=CCCC1CCC(c2ccc(CC(F)(F)OCc3ccc(C4CCC(CCC=CC)CC4)cc3)cc2)CC1. The van der Waals surface area contributed by atoms with Gasteiger partial charge < -0.3 is 4.74 Å². The summed E-state index contributed by atoms with van der Waals surface area (Å²) < 4.78 is 34.5. The molecule has 0 aliphatic heterocycles. The van der Waals surface area contributed by atoms with Crippen LogP contribution in [0.5, 0.6) is 0 Å². The van der Waals surface area contributed by atoms with Gasteiger partial charge in [0.05, 0.1) is 13.0 Å². The van der Waals surface area contributed by atoms with E-state index in [0.717, 1.165) is 23.8 Å². The smallest absolute Gasteiger partial charge is 0.315 e. The van der Waals surface area contributed by atoms with Crippen molar-refractivity contribution in [1.29, 1.82) is 0 Å². The molecule has 39 heavy (non-hydrogen) atoms. The Bertz CT molecular complexity index is 1010. The highest BCUT2D eigenvalue weighted by atomic mass is 19.3. The number of rotatable bonds is 13. The molecule has 3 heteroatoms. The van der Waals surface area contributed by atoms with Crippen LogP contribution in [0.25, 0.3) is 0 Å². The fourth-order valence-corrected chi connectivity index (χ4v) is 6.69. The highest BCUT2D eigenvalue weighted by Crippen LogP contribution is 2.39. The zero-order valence-electron chi connectivity index (χ0n) is 23.9. The van der Waals surface area contributed by atoms with Crippen molar-refractivity contribution in [2.75, 3.05) is 0 Å². The van der Waals surface area contributed by atoms with Crippen molar-refractivity contribution in [2.45, 2.75) is 115 Å². The Balaban J connectivity index is 1.20. The first-order valence-corrected chi connectivity index (χ1v) is 15.4. The molecule has 1 nitrogen and oxygen atoms in total. The van der Waals surface area contributed by atoms with E-state index in [0.29, 0.717) is 17.4 Å². The Morgan fingerprint density at radius 2 is 1.23 bits per heavy atom. The number of hydrogen-bond acceptors (Lipinski definition) is 1. The van der Waals surface area contributed by atoms with E-state index in [1.54, 1.807) is 0 Å². The number of hydrogen-bond donors (Lipinski definition) is 0. The van der Waals surface area contributed by atoms with Crippen LogP contribution in [0.1, 0.15) is 118 Å². The van der Waals surface area contributed by atoms with Gasteiger partial charge in [-0.3, -0.25) is 0 Å². The largest absolute Gasteiger partial charge is 0.360 e. The van der Waals surface area contributed by atoms with Crippen LogP contribution in [0.15, 0.2) is 73.3 Å². The Labute approximate surface area is 235 Å². The van der Waals surface area contributed by atoms with Gasteiger partial charge in [0.1, 0.15) is 0 Å². The first-order chi connectivity index (χ1) is 19.0. The predicted molar refractivity (Wildman–Crippen MR) is 159 cm³/mol. The van der Waals surface area contributed by atoms with E-state index in [9.17, 15) is 8.78 Å². The molecule has 2 aromatic carbocycles. The maximum Gasteiger partial charge on any atom is 0.360 e. The fourth-order valence-electron chi connectivity index (χ4n) is 6.69. The summed E-state index contributed by atoms with van der Waals surface area (Å²) in [5.41, 5.74) is 4.05. The van der Waals surface area contributed by atoms with E-state index in [-0.39, 0.29) is 6.61 Å². The maximum absolute atomic E-state index is 14.7. The summed E-state index contributed by atoms with van der Waals surface area (Å²) in [6.45, 7) is 5.85. The summed E-state index contributed by atoms with van der Waals surface area (Å²) in [6.07, 6.45) is 17.6. The van der Waals surface area contributed by atoms with E-state index in [2.05, 4.69) is 49.9 Å². The minimum atomic E-state index is -3.19. The first-order valence-electron chi connectivity index (χ1n) is 15.4. The zero-order valence-corrected chi connectivity index (χ0v) is 23.9. The van der Waals surface area contributed by atoms with Crippen molar-refractivity contribution in [3.05, 3.63) is 95.6 Å². The molecule has 0 saturated heterocycles. The lowest BCUT2D eigenvalue weighted by Gasteiger charge is -2.29. The van der Waals surface area contributed by atoms with Crippen molar-refractivity contribution in [3.63, 3.8) is 0 Å². The van der Waals surface area contributed by atoms with E-state index < -0.39 is 12.5 Å². The normalized spacial score (nSPS) is 24.2. The molecule has 0 N–H and O–H groups in total. The number of allylic oxidation sites excluding steroid dienone is 3. The monoisotopic (exact) mass is 534 g/mol. The topological polar surface area (TPSA) is 9.23 Å². The lowest BCUT2D eigenvalue weighted by atomic mass is 9.77. The van der Waals surface area contributed by atoms with Gasteiger partial charge in [-0.1, -0.05) is 66.8 Å². The molecule has 2 aromatic rings. The molecule has 212 valence electrons. The minimum Gasteiger partial charge on any atom is -0.315 e. The van der Waals surface area contributed by atoms with Crippen LogP contribution in [0.2, 0.25) is 0 Å². The molecule has 0 amide bonds. The van der Waals surface area contributed by atoms with Gasteiger partial charge in [0.25, 0.3) is 0 Å². The van der Waals surface area contributed by atoms with Crippen LogP contribution in [0.4, 0.5) is 8.78 Å². The third-order valence-corrected chi connectivity index (χ3v) is 9.21. The Hall–Kier alpha value is -2.26. The molecule has 0 radical (unpaired) electrons. The molecule has 0 spiro atoms. The summed E-state index contributed by atoms with van der Waals surface area (Å²) in [5, 5.41) is 0. The van der Waals surface area contributed by atoms with Gasteiger partial charge in [0.15, 0.2) is 0 Å². The van der Waals surface area contributed by atoms with E-state index in [1.807, 2.05) is 30.3 Å². The number of alkyl halides is 2. The van der Waals surface area contributed by atoms with Gasteiger partial charge in [0.2, 0.25) is 0 Å². The number of halogens is 2. The van der Waals surface area contributed by atoms with Crippen LogP contribution >= 0.6 is 0 Å². The maximum atomic E-state index is 14.7. The average molecular weight is 535 g/mol. The third kappa shape index (κ3) is 9.41. The van der Waals surface area contributed by atoms with Crippen LogP contribution in [0.3, 0.4) is 0 Å². The van der Waals surface area contributed by atoms with Crippen LogP contribution in [0, 0.1) is 11.8 Å². The van der Waals surface area contributed by atoms with Gasteiger partial charge in [-0.25, -0.2) is 0 Å². The van der Waals surface area contributed by atoms with Gasteiger partial charge in [-0.15, -0.1) is 6.58 Å². The van der Waals surface area contributed by atoms with Crippen LogP contribution in [-0.4, -0.2) is 6.11 Å². The molecular weight excluding hydrogens is 486 g/mol. The van der Waals surface area contributed by atoms with E-state index >= 15 is 0 Å². The molecule has 0 bridgehead atoms. The highest BCUT2D eigenvalue weighted by Gasteiger charge is 2.31. The minimum absolute atomic E-state index is 0.0713. The summed E-state index contributed by atoms with van der Waals surface area (Å²) >= 11 is 0. The Morgan fingerprint density at radius 1 is 0.744 bits per heavy atom. The van der Waals surface area contributed by atoms with E-state index in [4.69, 9.17) is 4.74 Å².